The van der Waals surface area contributed by atoms with Crippen LogP contribution in [0.3, 0.4) is 0 Å². The maximum atomic E-state index is 14.1. The number of halogens is 3. The number of methoxy groups -OCH3 is 2. The van der Waals surface area contributed by atoms with Crippen LogP contribution in [0.15, 0.2) is 41.4 Å². The summed E-state index contributed by atoms with van der Waals surface area (Å²) in [5.74, 6) is 1.47. The minimum Gasteiger partial charge on any atom is -0.493 e. The molecule has 2 aromatic carbocycles. The van der Waals surface area contributed by atoms with Crippen molar-refractivity contribution in [1.82, 2.24) is 0 Å². The van der Waals surface area contributed by atoms with Crippen molar-refractivity contribution in [3.63, 3.8) is 0 Å². The van der Waals surface area contributed by atoms with Gasteiger partial charge in [-0.05, 0) is 61.1 Å². The molecule has 0 saturated heterocycles. The SMILES string of the molecule is COc1ccc(CCCOc2ccc(CCC3(COP(=O)(C(C)(C)C)C(C)(C)C)COC(C)=N3)cc2C(F)(F)F)cc1OC. The molecule has 1 aliphatic rings. The van der Waals surface area contributed by atoms with Gasteiger partial charge in [-0.2, -0.15) is 13.2 Å². The molecule has 246 valence electrons. The van der Waals surface area contributed by atoms with E-state index in [0.717, 1.165) is 11.6 Å². The van der Waals surface area contributed by atoms with Crippen LogP contribution in [0.5, 0.6) is 17.2 Å². The third-order valence-electron chi connectivity index (χ3n) is 7.77. The average molecular weight is 642 g/mol. The zero-order valence-electron chi connectivity index (χ0n) is 27.4. The first kappa shape index (κ1) is 35.8. The number of aryl methyl sites for hydroxylation is 2. The first-order valence-corrected chi connectivity index (χ1v) is 16.4. The number of nitrogens with zero attached hydrogens (tertiary/aromatic N) is 1. The highest BCUT2D eigenvalue weighted by Gasteiger charge is 2.50. The van der Waals surface area contributed by atoms with E-state index in [1.807, 2.05) is 53.7 Å². The minimum absolute atomic E-state index is 0.0452. The van der Waals surface area contributed by atoms with E-state index in [4.69, 9.17) is 23.5 Å². The van der Waals surface area contributed by atoms with E-state index in [2.05, 4.69) is 4.99 Å². The summed E-state index contributed by atoms with van der Waals surface area (Å²) < 4.78 is 84.5. The Morgan fingerprint density at radius 1 is 0.886 bits per heavy atom. The van der Waals surface area contributed by atoms with E-state index in [0.29, 0.717) is 48.6 Å². The molecule has 1 aliphatic heterocycles. The van der Waals surface area contributed by atoms with Crippen LogP contribution in [-0.2, 0) is 32.8 Å². The van der Waals surface area contributed by atoms with Crippen molar-refractivity contribution in [1.29, 1.82) is 0 Å². The Hall–Kier alpha value is -2.71. The van der Waals surface area contributed by atoms with Gasteiger partial charge in [-0.1, -0.05) is 53.7 Å². The normalized spacial score (nSPS) is 17.7. The zero-order valence-corrected chi connectivity index (χ0v) is 28.3. The molecule has 0 saturated carbocycles. The third-order valence-corrected chi connectivity index (χ3v) is 11.8. The van der Waals surface area contributed by atoms with Gasteiger partial charge in [0.15, 0.2) is 17.4 Å². The zero-order chi connectivity index (χ0) is 33.0. The maximum absolute atomic E-state index is 14.1. The van der Waals surface area contributed by atoms with Crippen molar-refractivity contribution in [3.8, 4) is 17.2 Å². The van der Waals surface area contributed by atoms with Gasteiger partial charge in [-0.15, -0.1) is 0 Å². The predicted octanol–water partition coefficient (Wildman–Crippen LogP) is 8.75. The number of benzene rings is 2. The standard InChI is InChI=1S/C33H47F3NO6P/c1-23-37-32(21-42-23,22-43-44(38,30(2,3)4)31(5,6)7)17-16-25-12-14-27(26(19-25)33(34,35)36)41-18-10-11-24-13-15-28(39-8)29(20-24)40-9/h12-15,19-20H,10-11,16-18,21-22H2,1-9H3. The van der Waals surface area contributed by atoms with Crippen LogP contribution < -0.4 is 14.2 Å². The highest BCUT2D eigenvalue weighted by molar-refractivity contribution is 7.62. The molecule has 1 atom stereocenters. The smallest absolute Gasteiger partial charge is 0.419 e. The van der Waals surface area contributed by atoms with Crippen LogP contribution in [0.25, 0.3) is 0 Å². The van der Waals surface area contributed by atoms with Gasteiger partial charge in [0.2, 0.25) is 7.37 Å². The minimum atomic E-state index is -4.59. The fraction of sp³-hybridized carbons (Fsp3) is 0.606. The molecule has 3 rings (SSSR count). The largest absolute Gasteiger partial charge is 0.493 e. The van der Waals surface area contributed by atoms with Crippen molar-refractivity contribution in [2.45, 2.75) is 96.2 Å². The first-order valence-electron chi connectivity index (χ1n) is 14.8. The number of hydrogen-bond donors (Lipinski definition) is 0. The Morgan fingerprint density at radius 3 is 2.00 bits per heavy atom. The van der Waals surface area contributed by atoms with Crippen LogP contribution in [0.4, 0.5) is 13.2 Å². The van der Waals surface area contributed by atoms with E-state index in [9.17, 15) is 17.7 Å². The fourth-order valence-corrected chi connectivity index (χ4v) is 8.68. The quantitative estimate of drug-likeness (QED) is 0.161. The summed E-state index contributed by atoms with van der Waals surface area (Å²) in [5, 5.41) is -1.22. The number of rotatable bonds is 13. The Balaban J connectivity index is 1.71. The van der Waals surface area contributed by atoms with E-state index >= 15 is 0 Å². The highest BCUT2D eigenvalue weighted by atomic mass is 31.2. The van der Waals surface area contributed by atoms with Crippen LogP contribution in [-0.4, -0.2) is 55.8 Å². The van der Waals surface area contributed by atoms with Crippen molar-refractivity contribution < 1.29 is 41.2 Å². The molecule has 0 amide bonds. The Kier molecular flexibility index (Phi) is 11.2. The molecular formula is C33H47F3NO6P. The summed E-state index contributed by atoms with van der Waals surface area (Å²) in [7, 11) is -0.0718. The number of ether oxygens (including phenoxy) is 4. The second-order valence-corrected chi connectivity index (χ2v) is 17.3. The molecule has 0 N–H and O–H groups in total. The van der Waals surface area contributed by atoms with Gasteiger partial charge in [-0.25, -0.2) is 4.99 Å². The van der Waals surface area contributed by atoms with Crippen LogP contribution in [0.2, 0.25) is 0 Å². The van der Waals surface area contributed by atoms with Gasteiger partial charge in [0.25, 0.3) is 0 Å². The Labute approximate surface area is 259 Å². The molecule has 0 bridgehead atoms. The number of alkyl halides is 3. The molecule has 1 heterocycles. The monoisotopic (exact) mass is 641 g/mol. The molecular weight excluding hydrogens is 594 g/mol. The molecule has 2 aromatic rings. The average Bonchev–Trinajstić information content (AvgIpc) is 3.32. The van der Waals surface area contributed by atoms with E-state index in [-0.39, 0.29) is 25.6 Å². The summed E-state index contributed by atoms with van der Waals surface area (Å²) >= 11 is 0. The van der Waals surface area contributed by atoms with Gasteiger partial charge < -0.3 is 23.5 Å². The number of hydrogen-bond acceptors (Lipinski definition) is 7. The summed E-state index contributed by atoms with van der Waals surface area (Å²) in [6.07, 6.45) is -2.82. The van der Waals surface area contributed by atoms with Crippen molar-refractivity contribution in [2.24, 2.45) is 4.99 Å². The van der Waals surface area contributed by atoms with Crippen molar-refractivity contribution in [2.75, 3.05) is 34.0 Å². The lowest BCUT2D eigenvalue weighted by atomic mass is 9.93. The fourth-order valence-electron chi connectivity index (χ4n) is 5.47. The van der Waals surface area contributed by atoms with Crippen LogP contribution in [0, 0.1) is 0 Å². The van der Waals surface area contributed by atoms with Gasteiger partial charge in [0.05, 0.1) is 33.0 Å². The molecule has 0 fully saturated rings. The second kappa shape index (κ2) is 13.7. The lowest BCUT2D eigenvalue weighted by molar-refractivity contribution is -0.139. The molecule has 0 aromatic heterocycles. The van der Waals surface area contributed by atoms with Crippen molar-refractivity contribution >= 4 is 13.3 Å². The molecule has 0 radical (unpaired) electrons. The summed E-state index contributed by atoms with van der Waals surface area (Å²) in [4.78, 5) is 4.67. The Morgan fingerprint density at radius 2 is 1.48 bits per heavy atom. The van der Waals surface area contributed by atoms with E-state index in [1.54, 1.807) is 33.3 Å². The molecule has 11 heteroatoms. The lowest BCUT2D eigenvalue weighted by Crippen LogP contribution is -2.38. The van der Waals surface area contributed by atoms with Gasteiger partial charge in [0, 0.05) is 17.2 Å². The highest BCUT2D eigenvalue weighted by Crippen LogP contribution is 2.68. The van der Waals surface area contributed by atoms with E-state index in [1.165, 1.54) is 6.07 Å². The van der Waals surface area contributed by atoms with Gasteiger partial charge in [0.1, 0.15) is 17.9 Å². The molecule has 44 heavy (non-hydrogen) atoms. The van der Waals surface area contributed by atoms with Crippen molar-refractivity contribution in [3.05, 3.63) is 53.1 Å². The second-order valence-electron chi connectivity index (χ2n) is 13.3. The summed E-state index contributed by atoms with van der Waals surface area (Å²) in [6, 6.07) is 9.70. The molecule has 7 nitrogen and oxygen atoms in total. The predicted molar refractivity (Wildman–Crippen MR) is 168 cm³/mol. The van der Waals surface area contributed by atoms with E-state index < -0.39 is 35.0 Å². The van der Waals surface area contributed by atoms with Crippen LogP contribution >= 0.6 is 7.37 Å². The van der Waals surface area contributed by atoms with Gasteiger partial charge >= 0.3 is 6.18 Å². The lowest BCUT2D eigenvalue weighted by Gasteiger charge is -2.41. The molecule has 0 spiro atoms. The Bertz CT molecular complexity index is 1340. The third kappa shape index (κ3) is 8.51. The molecule has 0 aliphatic carbocycles. The maximum Gasteiger partial charge on any atom is 0.419 e. The number of aliphatic imine (C=N–C) groups is 1. The summed E-state index contributed by atoms with van der Waals surface area (Å²) in [5.41, 5.74) is -0.220. The van der Waals surface area contributed by atoms with Crippen LogP contribution in [0.1, 0.15) is 78.0 Å². The topological polar surface area (TPSA) is 75.6 Å². The molecule has 1 unspecified atom stereocenters. The van der Waals surface area contributed by atoms with Gasteiger partial charge in [-0.3, -0.25) is 4.57 Å². The first-order chi connectivity index (χ1) is 20.3. The summed E-state index contributed by atoms with van der Waals surface area (Å²) in [6.45, 7) is 13.5.